The number of nitrogens with one attached hydrogen (secondary N) is 3. The number of carbonyl (C=O) groups is 1. The lowest BCUT2D eigenvalue weighted by Gasteiger charge is -2.12. The summed E-state index contributed by atoms with van der Waals surface area (Å²) < 4.78 is 5.57. The largest absolute Gasteiger partial charge is 0.492 e. The molecule has 4 aromatic rings. The lowest BCUT2D eigenvalue weighted by molar-refractivity contribution is -0.113. The Hall–Kier alpha value is -4.11. The van der Waals surface area contributed by atoms with E-state index in [9.17, 15) is 4.79 Å². The molecule has 8 nitrogen and oxygen atoms in total. The van der Waals surface area contributed by atoms with Crippen molar-refractivity contribution in [3.05, 3.63) is 84.9 Å². The van der Waals surface area contributed by atoms with Crippen molar-refractivity contribution in [3.63, 3.8) is 0 Å². The van der Waals surface area contributed by atoms with Gasteiger partial charge in [0.1, 0.15) is 5.75 Å². The number of amides is 1. The summed E-state index contributed by atoms with van der Waals surface area (Å²) in [6, 6.07) is 26.6. The molecule has 0 saturated carbocycles. The van der Waals surface area contributed by atoms with Crippen LogP contribution in [0.5, 0.6) is 5.75 Å². The molecule has 1 amide bonds. The minimum absolute atomic E-state index is 0.125. The lowest BCUT2D eigenvalue weighted by atomic mass is 10.3. The zero-order chi connectivity index (χ0) is 23.6. The second kappa shape index (κ2) is 11.7. The standard InChI is InChI=1S/C25H24N6O2S/c1-2-33-21-16-10-9-15-20(21)28-22(32)17-34-25-30-23(26-18-11-5-3-6-12-18)29-24(31-25)27-19-13-7-4-8-14-19/h3-16H,2,17H2,1H3,(H,28,32)(H2,26,27,29,30,31). The van der Waals surface area contributed by atoms with E-state index in [0.29, 0.717) is 35.1 Å². The molecule has 0 unspecified atom stereocenters. The molecular weight excluding hydrogens is 448 g/mol. The molecule has 3 aromatic carbocycles. The first-order valence-electron chi connectivity index (χ1n) is 10.7. The molecule has 0 radical (unpaired) electrons. The first-order chi connectivity index (χ1) is 16.7. The number of carbonyl (C=O) groups excluding carboxylic acids is 1. The predicted molar refractivity (Wildman–Crippen MR) is 136 cm³/mol. The third-order valence-corrected chi connectivity index (χ3v) is 5.32. The number of para-hydroxylation sites is 4. The van der Waals surface area contributed by atoms with Crippen LogP contribution in [0.25, 0.3) is 0 Å². The molecule has 0 aliphatic carbocycles. The number of nitrogens with zero attached hydrogens (tertiary/aromatic N) is 3. The second-order valence-electron chi connectivity index (χ2n) is 7.01. The first-order valence-corrected chi connectivity index (χ1v) is 11.7. The van der Waals surface area contributed by atoms with Gasteiger partial charge in [0.2, 0.25) is 17.8 Å². The minimum Gasteiger partial charge on any atom is -0.492 e. The van der Waals surface area contributed by atoms with Crippen molar-refractivity contribution in [2.75, 3.05) is 28.3 Å². The van der Waals surface area contributed by atoms with Gasteiger partial charge in [0.05, 0.1) is 18.0 Å². The van der Waals surface area contributed by atoms with Crippen molar-refractivity contribution in [3.8, 4) is 5.75 Å². The number of anilines is 5. The summed E-state index contributed by atoms with van der Waals surface area (Å²) >= 11 is 1.22. The summed E-state index contributed by atoms with van der Waals surface area (Å²) in [5.74, 6) is 1.33. The number of aromatic nitrogens is 3. The molecule has 4 rings (SSSR count). The molecule has 0 fully saturated rings. The van der Waals surface area contributed by atoms with Gasteiger partial charge < -0.3 is 20.7 Å². The van der Waals surface area contributed by atoms with Crippen molar-refractivity contribution in [1.82, 2.24) is 15.0 Å². The number of hydrogen-bond acceptors (Lipinski definition) is 8. The molecule has 9 heteroatoms. The van der Waals surface area contributed by atoms with Gasteiger partial charge in [-0.1, -0.05) is 60.3 Å². The maximum absolute atomic E-state index is 12.6. The third-order valence-electron chi connectivity index (χ3n) is 4.47. The average molecular weight is 473 g/mol. The van der Waals surface area contributed by atoms with Crippen LogP contribution >= 0.6 is 11.8 Å². The van der Waals surface area contributed by atoms with Gasteiger partial charge in [-0.25, -0.2) is 0 Å². The molecule has 0 aliphatic heterocycles. The minimum atomic E-state index is -0.187. The van der Waals surface area contributed by atoms with Crippen LogP contribution in [0.4, 0.5) is 29.0 Å². The Balaban J connectivity index is 1.49. The summed E-state index contributed by atoms with van der Waals surface area (Å²) in [5, 5.41) is 9.68. The van der Waals surface area contributed by atoms with Crippen molar-refractivity contribution in [2.24, 2.45) is 0 Å². The maximum atomic E-state index is 12.6. The Morgan fingerprint density at radius 3 is 1.94 bits per heavy atom. The molecule has 0 bridgehead atoms. The van der Waals surface area contributed by atoms with Crippen molar-refractivity contribution >= 4 is 46.6 Å². The number of benzene rings is 3. The lowest BCUT2D eigenvalue weighted by Crippen LogP contribution is -2.15. The van der Waals surface area contributed by atoms with Gasteiger partial charge in [0.15, 0.2) is 5.16 Å². The normalized spacial score (nSPS) is 10.4. The molecule has 172 valence electrons. The van der Waals surface area contributed by atoms with Crippen molar-refractivity contribution in [2.45, 2.75) is 12.1 Å². The van der Waals surface area contributed by atoms with E-state index in [1.165, 1.54) is 11.8 Å². The molecule has 0 saturated heterocycles. The number of hydrogen-bond donors (Lipinski definition) is 3. The highest BCUT2D eigenvalue weighted by Crippen LogP contribution is 2.25. The van der Waals surface area contributed by atoms with Crippen LogP contribution < -0.4 is 20.7 Å². The fourth-order valence-electron chi connectivity index (χ4n) is 3.00. The molecule has 3 N–H and O–H groups in total. The van der Waals surface area contributed by atoms with E-state index < -0.39 is 0 Å². The van der Waals surface area contributed by atoms with Gasteiger partial charge in [-0.05, 0) is 43.3 Å². The Bertz CT molecular complexity index is 1160. The third kappa shape index (κ3) is 6.69. The number of ether oxygens (including phenoxy) is 1. The van der Waals surface area contributed by atoms with Gasteiger partial charge in [-0.15, -0.1) is 0 Å². The van der Waals surface area contributed by atoms with Crippen LogP contribution in [0, 0.1) is 0 Å². The quantitative estimate of drug-likeness (QED) is 0.261. The first kappa shape index (κ1) is 23.1. The van der Waals surface area contributed by atoms with Gasteiger partial charge in [-0.2, -0.15) is 15.0 Å². The maximum Gasteiger partial charge on any atom is 0.234 e. The van der Waals surface area contributed by atoms with E-state index in [1.54, 1.807) is 6.07 Å². The molecular formula is C25H24N6O2S. The Labute approximate surface area is 202 Å². The number of rotatable bonds is 10. The highest BCUT2D eigenvalue weighted by atomic mass is 32.2. The molecule has 0 spiro atoms. The molecule has 34 heavy (non-hydrogen) atoms. The molecule has 0 atom stereocenters. The van der Waals surface area contributed by atoms with Crippen LogP contribution in [0.2, 0.25) is 0 Å². The van der Waals surface area contributed by atoms with E-state index in [4.69, 9.17) is 4.74 Å². The zero-order valence-electron chi connectivity index (χ0n) is 18.6. The highest BCUT2D eigenvalue weighted by Gasteiger charge is 2.12. The zero-order valence-corrected chi connectivity index (χ0v) is 19.4. The van der Waals surface area contributed by atoms with E-state index in [2.05, 4.69) is 30.9 Å². The van der Waals surface area contributed by atoms with Crippen LogP contribution in [-0.4, -0.2) is 33.2 Å². The van der Waals surface area contributed by atoms with Gasteiger partial charge in [0.25, 0.3) is 0 Å². The number of thioether (sulfide) groups is 1. The fraction of sp³-hybridized carbons (Fsp3) is 0.120. The molecule has 0 aliphatic rings. The van der Waals surface area contributed by atoms with Gasteiger partial charge in [-0.3, -0.25) is 4.79 Å². The Kier molecular flexibility index (Phi) is 7.91. The van der Waals surface area contributed by atoms with Crippen LogP contribution in [-0.2, 0) is 4.79 Å². The van der Waals surface area contributed by atoms with E-state index >= 15 is 0 Å². The Morgan fingerprint density at radius 2 is 1.35 bits per heavy atom. The van der Waals surface area contributed by atoms with E-state index in [1.807, 2.05) is 85.8 Å². The SMILES string of the molecule is CCOc1ccccc1NC(=O)CSc1nc(Nc2ccccc2)nc(Nc2ccccc2)n1. The predicted octanol–water partition coefficient (Wildman–Crippen LogP) is 5.49. The second-order valence-corrected chi connectivity index (χ2v) is 7.96. The van der Waals surface area contributed by atoms with Crippen LogP contribution in [0.3, 0.4) is 0 Å². The smallest absolute Gasteiger partial charge is 0.234 e. The van der Waals surface area contributed by atoms with Gasteiger partial charge >= 0.3 is 0 Å². The summed E-state index contributed by atoms with van der Waals surface area (Å²) in [7, 11) is 0. The highest BCUT2D eigenvalue weighted by molar-refractivity contribution is 7.99. The van der Waals surface area contributed by atoms with Gasteiger partial charge in [0, 0.05) is 11.4 Å². The summed E-state index contributed by atoms with van der Waals surface area (Å²) in [6.07, 6.45) is 0. The fourth-order valence-corrected chi connectivity index (χ4v) is 3.64. The van der Waals surface area contributed by atoms with Crippen molar-refractivity contribution < 1.29 is 9.53 Å². The van der Waals surface area contributed by atoms with E-state index in [-0.39, 0.29) is 11.7 Å². The topological polar surface area (TPSA) is 101 Å². The molecule has 1 aromatic heterocycles. The van der Waals surface area contributed by atoms with Crippen LogP contribution in [0.1, 0.15) is 6.92 Å². The summed E-state index contributed by atoms with van der Waals surface area (Å²) in [5.41, 5.74) is 2.32. The summed E-state index contributed by atoms with van der Waals surface area (Å²) in [4.78, 5) is 26.0. The van der Waals surface area contributed by atoms with Crippen molar-refractivity contribution in [1.29, 1.82) is 0 Å². The van der Waals surface area contributed by atoms with E-state index in [0.717, 1.165) is 11.4 Å². The average Bonchev–Trinajstić information content (AvgIpc) is 2.85. The summed E-state index contributed by atoms with van der Waals surface area (Å²) in [6.45, 7) is 2.41. The van der Waals surface area contributed by atoms with Crippen LogP contribution in [0.15, 0.2) is 90.1 Å². The molecule has 1 heterocycles. The Morgan fingerprint density at radius 1 is 0.794 bits per heavy atom. The monoisotopic (exact) mass is 472 g/mol.